The summed E-state index contributed by atoms with van der Waals surface area (Å²) >= 11 is 0. The van der Waals surface area contributed by atoms with E-state index >= 15 is 0 Å². The minimum atomic E-state index is -1.13. The number of carbonyl (C=O) groups is 2. The molecule has 0 fully saturated rings. The van der Waals surface area contributed by atoms with Crippen molar-refractivity contribution in [1.82, 2.24) is 0 Å². The van der Waals surface area contributed by atoms with Gasteiger partial charge in [0.2, 0.25) is 0 Å². The van der Waals surface area contributed by atoms with Crippen LogP contribution in [0, 0.1) is 0 Å². The second-order valence-electron chi connectivity index (χ2n) is 3.66. The second-order valence-corrected chi connectivity index (χ2v) is 3.66. The average molecular weight is 284 g/mol. The van der Waals surface area contributed by atoms with Gasteiger partial charge in [0.1, 0.15) is 6.61 Å². The Hall–Kier alpha value is -2.12. The number of hydrogen-bond donors (Lipinski definition) is 0. The van der Waals surface area contributed by atoms with Gasteiger partial charge in [-0.25, -0.2) is 14.5 Å². The maximum atomic E-state index is 11.5. The van der Waals surface area contributed by atoms with Crippen LogP contribution >= 0.6 is 0 Å². The van der Waals surface area contributed by atoms with Gasteiger partial charge in [0.25, 0.3) is 0 Å². The molecule has 1 aromatic carbocycles. The van der Waals surface area contributed by atoms with E-state index in [2.05, 4.69) is 24.3 Å². The van der Waals surface area contributed by atoms with E-state index in [4.69, 9.17) is 0 Å². The Morgan fingerprint density at radius 2 is 1.75 bits per heavy atom. The van der Waals surface area contributed by atoms with Crippen molar-refractivity contribution in [2.75, 3.05) is 20.3 Å². The molecule has 0 radical (unpaired) electrons. The van der Waals surface area contributed by atoms with Crippen molar-refractivity contribution >= 4 is 12.1 Å². The highest BCUT2D eigenvalue weighted by molar-refractivity contribution is 5.88. The van der Waals surface area contributed by atoms with E-state index in [1.807, 2.05) is 6.92 Å². The smallest absolute Gasteiger partial charge is 0.430 e. The minimum Gasteiger partial charge on any atom is -0.430 e. The Morgan fingerprint density at radius 1 is 1.05 bits per heavy atom. The Labute approximate surface area is 116 Å². The van der Waals surface area contributed by atoms with Gasteiger partial charge in [0, 0.05) is 7.11 Å². The first kappa shape index (κ1) is 15.9. The fourth-order valence-corrected chi connectivity index (χ4v) is 1.23. The molecule has 0 aromatic heterocycles. The number of hydrogen-bond acceptors (Lipinski definition) is 7. The van der Waals surface area contributed by atoms with Crippen molar-refractivity contribution in [1.29, 1.82) is 0 Å². The van der Waals surface area contributed by atoms with Crippen LogP contribution in [0.3, 0.4) is 0 Å². The second kappa shape index (κ2) is 8.89. The van der Waals surface area contributed by atoms with Gasteiger partial charge in [-0.1, -0.05) is 19.1 Å². The quantitative estimate of drug-likeness (QED) is 0.328. The molecule has 0 unspecified atom stereocenters. The largest absolute Gasteiger partial charge is 0.543 e. The zero-order valence-electron chi connectivity index (χ0n) is 11.3. The van der Waals surface area contributed by atoms with Gasteiger partial charge in [-0.05, 0) is 24.1 Å². The first-order chi connectivity index (χ1) is 9.67. The van der Waals surface area contributed by atoms with Crippen LogP contribution in [0.1, 0.15) is 22.8 Å². The van der Waals surface area contributed by atoms with Crippen LogP contribution in [0.5, 0.6) is 0 Å². The molecule has 7 nitrogen and oxygen atoms in total. The number of rotatable bonds is 7. The summed E-state index contributed by atoms with van der Waals surface area (Å²) in [7, 11) is 1.46. The minimum absolute atomic E-state index is 0.00508. The molecule has 0 spiro atoms. The standard InChI is InChI=1S/C13H16O7/c1-3-10-4-6-11(7-5-10)12(14)18-20-19-13(15)17-9-8-16-2/h4-7H,3,8-9H2,1-2H3. The topological polar surface area (TPSA) is 80.3 Å². The molecule has 0 bridgehead atoms. The number of benzene rings is 1. The molecule has 0 heterocycles. The van der Waals surface area contributed by atoms with Crippen molar-refractivity contribution in [3.8, 4) is 0 Å². The number of methoxy groups -OCH3 is 1. The van der Waals surface area contributed by atoms with Crippen LogP contribution in [-0.2, 0) is 30.7 Å². The summed E-state index contributed by atoms with van der Waals surface area (Å²) in [6.45, 7) is 2.23. The molecular weight excluding hydrogens is 268 g/mol. The summed E-state index contributed by atoms with van der Waals surface area (Å²) in [4.78, 5) is 30.7. The molecule has 0 N–H and O–H groups in total. The molecule has 1 rings (SSSR count). The highest BCUT2D eigenvalue weighted by atomic mass is 17.5. The Morgan fingerprint density at radius 3 is 2.35 bits per heavy atom. The predicted molar refractivity (Wildman–Crippen MR) is 66.6 cm³/mol. The van der Waals surface area contributed by atoms with Gasteiger partial charge in [-0.15, -0.1) is 0 Å². The van der Waals surface area contributed by atoms with E-state index in [-0.39, 0.29) is 18.8 Å². The van der Waals surface area contributed by atoms with Gasteiger partial charge >= 0.3 is 12.1 Å². The van der Waals surface area contributed by atoms with Gasteiger partial charge in [0.15, 0.2) is 0 Å². The Bertz CT molecular complexity index is 427. The van der Waals surface area contributed by atoms with Crippen LogP contribution in [0.4, 0.5) is 4.79 Å². The highest BCUT2D eigenvalue weighted by Gasteiger charge is 2.11. The molecule has 110 valence electrons. The third kappa shape index (κ3) is 5.68. The molecule has 0 amide bonds. The van der Waals surface area contributed by atoms with Gasteiger partial charge in [0.05, 0.1) is 17.2 Å². The SMILES string of the molecule is CCc1ccc(C(=O)OOOC(=O)OCCOC)cc1. The number of carbonyl (C=O) groups excluding carboxylic acids is 2. The molecule has 0 aliphatic rings. The van der Waals surface area contributed by atoms with E-state index in [0.717, 1.165) is 12.0 Å². The van der Waals surface area contributed by atoms with Crippen LogP contribution < -0.4 is 0 Å². The van der Waals surface area contributed by atoms with Crippen LogP contribution in [-0.4, -0.2) is 32.4 Å². The molecule has 20 heavy (non-hydrogen) atoms. The first-order valence-electron chi connectivity index (χ1n) is 5.97. The van der Waals surface area contributed by atoms with E-state index in [1.165, 1.54) is 7.11 Å². The highest BCUT2D eigenvalue weighted by Crippen LogP contribution is 2.06. The fraction of sp³-hybridized carbons (Fsp3) is 0.385. The van der Waals surface area contributed by atoms with Gasteiger partial charge < -0.3 is 9.47 Å². The molecule has 0 saturated heterocycles. The molecular formula is C13H16O7. The van der Waals surface area contributed by atoms with E-state index in [9.17, 15) is 9.59 Å². The van der Waals surface area contributed by atoms with Gasteiger partial charge in [-0.2, -0.15) is 0 Å². The maximum absolute atomic E-state index is 11.5. The first-order valence-corrected chi connectivity index (χ1v) is 5.97. The summed E-state index contributed by atoms with van der Waals surface area (Å²) < 4.78 is 9.15. The number of aryl methyl sites for hydroxylation is 1. The third-order valence-corrected chi connectivity index (χ3v) is 2.32. The van der Waals surface area contributed by atoms with Crippen molar-refractivity contribution in [2.45, 2.75) is 13.3 Å². The Kier molecular flexibility index (Phi) is 7.08. The average Bonchev–Trinajstić information content (AvgIpc) is 2.47. The van der Waals surface area contributed by atoms with E-state index in [1.54, 1.807) is 24.3 Å². The van der Waals surface area contributed by atoms with Crippen LogP contribution in [0.2, 0.25) is 0 Å². The number of ether oxygens (including phenoxy) is 2. The normalized spacial score (nSPS) is 9.90. The van der Waals surface area contributed by atoms with Crippen LogP contribution in [0.25, 0.3) is 0 Å². The lowest BCUT2D eigenvalue weighted by Crippen LogP contribution is -2.14. The predicted octanol–water partition coefficient (Wildman–Crippen LogP) is 2.05. The fourth-order valence-electron chi connectivity index (χ4n) is 1.23. The van der Waals surface area contributed by atoms with Crippen molar-refractivity contribution in [3.05, 3.63) is 35.4 Å². The molecule has 0 aliphatic heterocycles. The van der Waals surface area contributed by atoms with E-state index < -0.39 is 12.1 Å². The maximum Gasteiger partial charge on any atom is 0.543 e. The lowest BCUT2D eigenvalue weighted by Gasteiger charge is -2.04. The summed E-state index contributed by atoms with van der Waals surface area (Å²) in [5, 5.41) is 4.03. The lowest BCUT2D eigenvalue weighted by molar-refractivity contribution is -0.452. The molecule has 0 atom stereocenters. The Balaban J connectivity index is 2.27. The zero-order chi connectivity index (χ0) is 14.8. The van der Waals surface area contributed by atoms with E-state index in [0.29, 0.717) is 0 Å². The molecule has 7 heteroatoms. The molecule has 1 aromatic rings. The van der Waals surface area contributed by atoms with Crippen molar-refractivity contribution in [2.24, 2.45) is 0 Å². The van der Waals surface area contributed by atoms with Crippen molar-refractivity contribution in [3.63, 3.8) is 0 Å². The lowest BCUT2D eigenvalue weighted by atomic mass is 10.1. The summed E-state index contributed by atoms with van der Waals surface area (Å²) in [5.41, 5.74) is 1.36. The summed E-state index contributed by atoms with van der Waals surface area (Å²) in [6, 6.07) is 6.75. The zero-order valence-corrected chi connectivity index (χ0v) is 11.3. The summed E-state index contributed by atoms with van der Waals surface area (Å²) in [5.74, 6) is -0.780. The molecule has 0 aliphatic carbocycles. The van der Waals surface area contributed by atoms with Gasteiger partial charge in [-0.3, -0.25) is 4.89 Å². The monoisotopic (exact) mass is 284 g/mol. The molecule has 0 saturated carbocycles. The summed E-state index contributed by atoms with van der Waals surface area (Å²) in [6.07, 6.45) is -0.265. The third-order valence-electron chi connectivity index (χ3n) is 2.32. The van der Waals surface area contributed by atoms with Crippen molar-refractivity contribution < 1.29 is 33.9 Å². The van der Waals surface area contributed by atoms with Crippen LogP contribution in [0.15, 0.2) is 24.3 Å².